The van der Waals surface area contributed by atoms with E-state index < -0.39 is 21.0 Å². The van der Waals surface area contributed by atoms with Gasteiger partial charge in [-0.2, -0.15) is 4.31 Å². The fourth-order valence-electron chi connectivity index (χ4n) is 7.30. The molecule has 2 unspecified atom stereocenters. The number of rotatable bonds is 3. The lowest BCUT2D eigenvalue weighted by Crippen LogP contribution is -2.62. The minimum atomic E-state index is -3.77. The van der Waals surface area contributed by atoms with Gasteiger partial charge in [-0.25, -0.2) is 8.42 Å². The van der Waals surface area contributed by atoms with Crippen LogP contribution >= 0.6 is 0 Å². The van der Waals surface area contributed by atoms with Gasteiger partial charge in [0.25, 0.3) is 5.91 Å². The van der Waals surface area contributed by atoms with Crippen molar-refractivity contribution >= 4 is 27.5 Å². The Kier molecular flexibility index (Phi) is 4.64. The molecule has 2 amide bonds. The van der Waals surface area contributed by atoms with Crippen molar-refractivity contribution in [1.29, 1.82) is 0 Å². The van der Waals surface area contributed by atoms with E-state index in [1.807, 2.05) is 4.90 Å². The van der Waals surface area contributed by atoms with Gasteiger partial charge in [-0.3, -0.25) is 9.59 Å². The van der Waals surface area contributed by atoms with E-state index in [1.165, 1.54) is 16.4 Å². The number of fused-ring (bicyclic) bond motifs is 1. The van der Waals surface area contributed by atoms with Crippen molar-refractivity contribution in [3.63, 3.8) is 0 Å². The van der Waals surface area contributed by atoms with Crippen molar-refractivity contribution in [3.05, 3.63) is 18.2 Å². The van der Waals surface area contributed by atoms with Gasteiger partial charge in [0.15, 0.2) is 6.61 Å². The summed E-state index contributed by atoms with van der Waals surface area (Å²) in [5, 5.41) is 13.6. The van der Waals surface area contributed by atoms with Gasteiger partial charge in [0.2, 0.25) is 15.9 Å². The van der Waals surface area contributed by atoms with E-state index in [9.17, 15) is 23.1 Å². The fourth-order valence-corrected chi connectivity index (χ4v) is 8.75. The first kappa shape index (κ1) is 21.4. The molecule has 2 heterocycles. The Balaban J connectivity index is 1.16. The molecule has 33 heavy (non-hydrogen) atoms. The first-order chi connectivity index (χ1) is 15.7. The molecule has 6 aliphatic rings. The first-order valence-electron chi connectivity index (χ1n) is 11.7. The van der Waals surface area contributed by atoms with Crippen LogP contribution in [0.15, 0.2) is 23.1 Å². The third-order valence-electron chi connectivity index (χ3n) is 8.23. The number of benzene rings is 1. The molecule has 5 fully saturated rings. The van der Waals surface area contributed by atoms with Gasteiger partial charge in [0.05, 0.1) is 21.6 Å². The first-order valence-corrected chi connectivity index (χ1v) is 13.2. The van der Waals surface area contributed by atoms with Crippen molar-refractivity contribution < 1.29 is 27.9 Å². The normalized spacial score (nSPS) is 35.7. The highest BCUT2D eigenvalue weighted by molar-refractivity contribution is 7.89. The highest BCUT2D eigenvalue weighted by atomic mass is 32.2. The monoisotopic (exact) mass is 475 g/mol. The zero-order valence-electron chi connectivity index (χ0n) is 18.5. The van der Waals surface area contributed by atoms with Crippen molar-refractivity contribution in [2.24, 2.45) is 17.3 Å². The maximum absolute atomic E-state index is 13.6. The molecular formula is C23H29N3O6S. The molecule has 0 radical (unpaired) electrons. The lowest BCUT2D eigenvalue weighted by Gasteiger charge is -2.60. The number of ether oxygens (including phenoxy) is 1. The summed E-state index contributed by atoms with van der Waals surface area (Å²) in [7, 11) is -3.77. The zero-order chi connectivity index (χ0) is 23.0. The molecule has 1 aromatic rings. The van der Waals surface area contributed by atoms with E-state index in [-0.39, 0.29) is 36.4 Å². The average molecular weight is 476 g/mol. The highest BCUT2D eigenvalue weighted by Gasteiger charge is 2.61. The number of carbonyl (C=O) groups excluding carboxylic acids is 2. The Hall–Kier alpha value is -2.17. The Morgan fingerprint density at radius 1 is 1.09 bits per heavy atom. The molecule has 1 aromatic carbocycles. The number of hydrogen-bond acceptors (Lipinski definition) is 6. The Bertz CT molecular complexity index is 1110. The molecule has 2 atom stereocenters. The van der Waals surface area contributed by atoms with Gasteiger partial charge in [0.1, 0.15) is 5.75 Å². The summed E-state index contributed by atoms with van der Waals surface area (Å²) in [5.41, 5.74) is -0.826. The molecule has 2 N–H and O–H groups in total. The van der Waals surface area contributed by atoms with Gasteiger partial charge in [-0.05, 0) is 68.6 Å². The van der Waals surface area contributed by atoms with Crippen LogP contribution in [0, 0.1) is 17.3 Å². The van der Waals surface area contributed by atoms with E-state index in [4.69, 9.17) is 4.74 Å². The highest BCUT2D eigenvalue weighted by Crippen LogP contribution is 2.62. The van der Waals surface area contributed by atoms with Crippen LogP contribution < -0.4 is 10.1 Å². The van der Waals surface area contributed by atoms with Crippen molar-refractivity contribution in [3.8, 4) is 5.75 Å². The molecule has 2 aliphatic heterocycles. The van der Waals surface area contributed by atoms with Gasteiger partial charge in [0, 0.05) is 26.2 Å². The molecule has 4 bridgehead atoms. The van der Waals surface area contributed by atoms with E-state index in [2.05, 4.69) is 5.32 Å². The topological polar surface area (TPSA) is 116 Å². The third kappa shape index (κ3) is 3.45. The van der Waals surface area contributed by atoms with Crippen molar-refractivity contribution in [1.82, 2.24) is 9.21 Å². The minimum Gasteiger partial charge on any atom is -0.482 e. The SMILES string of the molecule is O=C1COc2ccc(S(=O)(=O)N3CCN(C(=O)C45CC6CC(CC(O)(C6)C4)C5)CC3)cc2N1. The lowest BCUT2D eigenvalue weighted by atomic mass is 9.47. The summed E-state index contributed by atoms with van der Waals surface area (Å²) < 4.78 is 33.2. The molecular weight excluding hydrogens is 446 g/mol. The van der Waals surface area contributed by atoms with E-state index in [1.54, 1.807) is 6.07 Å². The summed E-state index contributed by atoms with van der Waals surface area (Å²) >= 11 is 0. The van der Waals surface area contributed by atoms with Crippen LogP contribution in [0.2, 0.25) is 0 Å². The van der Waals surface area contributed by atoms with Crippen LogP contribution in [0.4, 0.5) is 5.69 Å². The summed E-state index contributed by atoms with van der Waals surface area (Å²) in [6, 6.07) is 4.47. The number of sulfonamides is 1. The number of nitrogens with one attached hydrogen (secondary N) is 1. The number of nitrogens with zero attached hydrogens (tertiary/aromatic N) is 2. The largest absolute Gasteiger partial charge is 0.482 e. The maximum Gasteiger partial charge on any atom is 0.262 e. The predicted octanol–water partition coefficient (Wildman–Crippen LogP) is 1.18. The molecule has 0 aromatic heterocycles. The van der Waals surface area contributed by atoms with Crippen LogP contribution in [0.1, 0.15) is 38.5 Å². The summed E-state index contributed by atoms with van der Waals surface area (Å²) in [5.74, 6) is 1.08. The quantitative estimate of drug-likeness (QED) is 0.678. The molecule has 1 saturated heterocycles. The van der Waals surface area contributed by atoms with Crippen molar-refractivity contribution in [2.45, 2.75) is 49.0 Å². The molecule has 10 heteroatoms. The molecule has 178 valence electrons. The molecule has 4 aliphatic carbocycles. The summed E-state index contributed by atoms with van der Waals surface area (Å²) in [6.07, 6.45) is 5.01. The smallest absolute Gasteiger partial charge is 0.262 e. The van der Waals surface area contributed by atoms with Crippen molar-refractivity contribution in [2.75, 3.05) is 38.1 Å². The van der Waals surface area contributed by atoms with Gasteiger partial charge in [-0.1, -0.05) is 0 Å². The number of amides is 2. The average Bonchev–Trinajstić information content (AvgIpc) is 2.76. The van der Waals surface area contributed by atoms with E-state index >= 15 is 0 Å². The number of aliphatic hydroxyl groups is 1. The molecule has 0 spiro atoms. The predicted molar refractivity (Wildman–Crippen MR) is 118 cm³/mol. The zero-order valence-corrected chi connectivity index (χ0v) is 19.3. The van der Waals surface area contributed by atoms with E-state index in [0.29, 0.717) is 42.8 Å². The van der Waals surface area contributed by atoms with Gasteiger partial charge in [-0.15, -0.1) is 0 Å². The number of anilines is 1. The molecule has 9 nitrogen and oxygen atoms in total. The second-order valence-electron chi connectivity index (χ2n) is 10.7. The Morgan fingerprint density at radius 2 is 1.79 bits per heavy atom. The summed E-state index contributed by atoms with van der Waals surface area (Å²) in [6.45, 7) is 1.05. The van der Waals surface area contributed by atoms with Crippen LogP contribution in [0.25, 0.3) is 0 Å². The van der Waals surface area contributed by atoms with Gasteiger partial charge >= 0.3 is 0 Å². The Morgan fingerprint density at radius 3 is 2.45 bits per heavy atom. The number of carbonyl (C=O) groups is 2. The summed E-state index contributed by atoms with van der Waals surface area (Å²) in [4.78, 5) is 27.1. The van der Waals surface area contributed by atoms with Crippen LogP contribution in [0.5, 0.6) is 5.75 Å². The van der Waals surface area contributed by atoms with E-state index in [0.717, 1.165) is 32.1 Å². The van der Waals surface area contributed by atoms with Crippen LogP contribution in [-0.4, -0.2) is 72.9 Å². The van der Waals surface area contributed by atoms with Gasteiger partial charge < -0.3 is 20.1 Å². The standard InChI is InChI=1S/C23H29N3O6S/c27-20-13-32-19-2-1-17(8-18(19)24-20)33(30,31)26-5-3-25(4-6-26)21(28)22-9-15-7-16(10-22)12-23(29,11-15)14-22/h1-2,8,15-16,29H,3-7,9-14H2,(H,24,27). The number of hydrogen-bond donors (Lipinski definition) is 2. The second-order valence-corrected chi connectivity index (χ2v) is 12.6. The van der Waals surface area contributed by atoms with Crippen LogP contribution in [-0.2, 0) is 19.6 Å². The second kappa shape index (κ2) is 7.16. The number of piperazine rings is 1. The Labute approximate surface area is 193 Å². The maximum atomic E-state index is 13.6. The molecule has 4 saturated carbocycles. The lowest BCUT2D eigenvalue weighted by molar-refractivity contribution is -0.186. The fraction of sp³-hybridized carbons (Fsp3) is 0.652. The third-order valence-corrected chi connectivity index (χ3v) is 10.1. The molecule has 7 rings (SSSR count). The minimum absolute atomic E-state index is 0.0878. The van der Waals surface area contributed by atoms with Crippen LogP contribution in [0.3, 0.4) is 0 Å².